The SMILES string of the molecule is O=C(NCC#Cc1cccc(C(=O)C(F)(F)F)c1)OCc1ccccc1. The molecule has 4 nitrogen and oxygen atoms in total. The number of carbonyl (C=O) groups is 2. The third-order valence-electron chi connectivity index (χ3n) is 3.15. The highest BCUT2D eigenvalue weighted by Gasteiger charge is 2.39. The lowest BCUT2D eigenvalue weighted by Crippen LogP contribution is -2.24. The Kier molecular flexibility index (Phi) is 6.39. The molecule has 2 aromatic carbocycles. The maximum Gasteiger partial charge on any atom is 0.454 e. The number of halogens is 3. The van der Waals surface area contributed by atoms with Crippen LogP contribution in [0.5, 0.6) is 0 Å². The van der Waals surface area contributed by atoms with Gasteiger partial charge in [0.05, 0.1) is 6.54 Å². The molecule has 2 rings (SSSR count). The van der Waals surface area contributed by atoms with E-state index >= 15 is 0 Å². The Morgan fingerprint density at radius 1 is 1.04 bits per heavy atom. The van der Waals surface area contributed by atoms with E-state index in [4.69, 9.17) is 4.74 Å². The summed E-state index contributed by atoms with van der Waals surface area (Å²) in [7, 11) is 0. The summed E-state index contributed by atoms with van der Waals surface area (Å²) in [5, 5.41) is 2.40. The van der Waals surface area contributed by atoms with Gasteiger partial charge in [-0.1, -0.05) is 54.3 Å². The van der Waals surface area contributed by atoms with Crippen LogP contribution >= 0.6 is 0 Å². The van der Waals surface area contributed by atoms with E-state index in [1.54, 1.807) is 0 Å². The molecule has 0 heterocycles. The van der Waals surface area contributed by atoms with Gasteiger partial charge in [-0.3, -0.25) is 4.79 Å². The Balaban J connectivity index is 1.84. The first-order valence-electron chi connectivity index (χ1n) is 7.51. The number of hydrogen-bond donors (Lipinski definition) is 1. The van der Waals surface area contributed by atoms with E-state index in [-0.39, 0.29) is 18.7 Å². The minimum Gasteiger partial charge on any atom is -0.445 e. The highest BCUT2D eigenvalue weighted by molar-refractivity contribution is 6.00. The van der Waals surface area contributed by atoms with Crippen molar-refractivity contribution in [3.63, 3.8) is 0 Å². The van der Waals surface area contributed by atoms with Crippen molar-refractivity contribution >= 4 is 11.9 Å². The average molecular weight is 361 g/mol. The second-order valence-electron chi connectivity index (χ2n) is 5.12. The minimum absolute atomic E-state index is 0.0505. The van der Waals surface area contributed by atoms with Crippen LogP contribution in [0.4, 0.5) is 18.0 Å². The predicted octanol–water partition coefficient (Wildman–Crippen LogP) is 3.71. The number of benzene rings is 2. The number of alkyl halides is 3. The Hall–Kier alpha value is -3.27. The van der Waals surface area contributed by atoms with Crippen LogP contribution < -0.4 is 5.32 Å². The number of ether oxygens (including phenoxy) is 1. The Bertz CT molecular complexity index is 836. The molecule has 0 atom stereocenters. The third kappa shape index (κ3) is 5.98. The molecule has 0 saturated carbocycles. The monoisotopic (exact) mass is 361 g/mol. The molecule has 0 aliphatic carbocycles. The second-order valence-corrected chi connectivity index (χ2v) is 5.12. The van der Waals surface area contributed by atoms with Crippen LogP contribution in [0.25, 0.3) is 0 Å². The normalized spacial score (nSPS) is 10.4. The maximum absolute atomic E-state index is 12.4. The van der Waals surface area contributed by atoms with E-state index < -0.39 is 23.6 Å². The van der Waals surface area contributed by atoms with E-state index in [9.17, 15) is 22.8 Å². The van der Waals surface area contributed by atoms with Gasteiger partial charge in [-0.25, -0.2) is 4.79 Å². The Morgan fingerprint density at radius 2 is 1.77 bits per heavy atom. The summed E-state index contributed by atoms with van der Waals surface area (Å²) in [5.74, 6) is 3.23. The third-order valence-corrected chi connectivity index (χ3v) is 3.15. The number of ketones is 1. The molecule has 0 spiro atoms. The van der Waals surface area contributed by atoms with Crippen molar-refractivity contribution < 1.29 is 27.5 Å². The van der Waals surface area contributed by atoms with Gasteiger partial charge in [0.15, 0.2) is 0 Å². The first-order valence-corrected chi connectivity index (χ1v) is 7.51. The molecule has 0 aromatic heterocycles. The molecular formula is C19H14F3NO3. The molecular weight excluding hydrogens is 347 g/mol. The van der Waals surface area contributed by atoms with Crippen LogP contribution in [-0.4, -0.2) is 24.6 Å². The topological polar surface area (TPSA) is 55.4 Å². The fourth-order valence-corrected chi connectivity index (χ4v) is 1.94. The molecule has 0 aliphatic heterocycles. The molecule has 26 heavy (non-hydrogen) atoms. The number of hydrogen-bond acceptors (Lipinski definition) is 3. The van der Waals surface area contributed by atoms with Crippen LogP contribution in [0, 0.1) is 11.8 Å². The van der Waals surface area contributed by atoms with Crippen LogP contribution in [0.3, 0.4) is 0 Å². The van der Waals surface area contributed by atoms with Gasteiger partial charge >= 0.3 is 12.3 Å². The van der Waals surface area contributed by atoms with Crippen molar-refractivity contribution in [2.45, 2.75) is 12.8 Å². The van der Waals surface area contributed by atoms with Gasteiger partial charge < -0.3 is 10.1 Å². The van der Waals surface area contributed by atoms with Crippen molar-refractivity contribution in [2.24, 2.45) is 0 Å². The molecule has 2 aromatic rings. The molecule has 0 fully saturated rings. The number of nitrogens with one attached hydrogen (secondary N) is 1. The van der Waals surface area contributed by atoms with Crippen LogP contribution in [0.2, 0.25) is 0 Å². The molecule has 7 heteroatoms. The van der Waals surface area contributed by atoms with Crippen molar-refractivity contribution in [3.05, 3.63) is 71.3 Å². The average Bonchev–Trinajstić information content (AvgIpc) is 2.63. The zero-order valence-corrected chi connectivity index (χ0v) is 13.5. The summed E-state index contributed by atoms with van der Waals surface area (Å²) in [6.45, 7) is 0.0623. The van der Waals surface area contributed by atoms with Gasteiger partial charge in [0, 0.05) is 11.1 Å². The number of Topliss-reactive ketones (excluding diaryl/α,β-unsaturated/α-hetero) is 1. The molecule has 134 valence electrons. The predicted molar refractivity (Wildman–Crippen MR) is 88.3 cm³/mol. The quantitative estimate of drug-likeness (QED) is 0.667. The van der Waals surface area contributed by atoms with E-state index in [0.717, 1.165) is 17.7 Å². The highest BCUT2D eigenvalue weighted by Crippen LogP contribution is 2.21. The number of alkyl carbamates (subject to hydrolysis) is 1. The minimum atomic E-state index is -4.93. The first kappa shape index (κ1) is 19.1. The molecule has 0 saturated heterocycles. The lowest BCUT2D eigenvalue weighted by atomic mass is 10.1. The molecule has 0 unspecified atom stereocenters. The maximum atomic E-state index is 12.4. The van der Waals surface area contributed by atoms with E-state index in [1.165, 1.54) is 12.1 Å². The molecule has 1 amide bonds. The first-order chi connectivity index (χ1) is 12.4. The lowest BCUT2D eigenvalue weighted by molar-refractivity contribution is -0.0885. The van der Waals surface area contributed by atoms with Gasteiger partial charge in [-0.05, 0) is 17.7 Å². The van der Waals surface area contributed by atoms with Crippen LogP contribution in [0.1, 0.15) is 21.5 Å². The van der Waals surface area contributed by atoms with Crippen molar-refractivity contribution in [1.29, 1.82) is 0 Å². The Morgan fingerprint density at radius 3 is 2.46 bits per heavy atom. The van der Waals surface area contributed by atoms with E-state index in [2.05, 4.69) is 17.2 Å². The molecule has 0 aliphatic rings. The lowest BCUT2D eigenvalue weighted by Gasteiger charge is -2.05. The smallest absolute Gasteiger partial charge is 0.445 e. The van der Waals surface area contributed by atoms with Gasteiger partial charge in [0.1, 0.15) is 6.61 Å². The van der Waals surface area contributed by atoms with Gasteiger partial charge in [-0.15, -0.1) is 0 Å². The van der Waals surface area contributed by atoms with Crippen LogP contribution in [-0.2, 0) is 11.3 Å². The number of amides is 1. The molecule has 1 N–H and O–H groups in total. The fraction of sp³-hybridized carbons (Fsp3) is 0.158. The number of carbonyl (C=O) groups excluding carboxylic acids is 2. The summed E-state index contributed by atoms with van der Waals surface area (Å²) < 4.78 is 42.2. The van der Waals surface area contributed by atoms with Crippen LogP contribution in [0.15, 0.2) is 54.6 Å². The van der Waals surface area contributed by atoms with Gasteiger partial charge in [0.2, 0.25) is 0 Å². The van der Waals surface area contributed by atoms with Gasteiger partial charge in [0.25, 0.3) is 5.78 Å². The van der Waals surface area contributed by atoms with Crippen molar-refractivity contribution in [3.8, 4) is 11.8 Å². The number of rotatable bonds is 4. The zero-order valence-electron chi connectivity index (χ0n) is 13.5. The zero-order chi connectivity index (χ0) is 19.0. The van der Waals surface area contributed by atoms with Gasteiger partial charge in [-0.2, -0.15) is 13.2 Å². The standard InChI is InChI=1S/C19H14F3NO3/c20-19(21,22)17(24)16-10-4-8-14(12-16)9-5-11-23-18(25)26-13-15-6-2-1-3-7-15/h1-4,6-8,10,12H,11,13H2,(H,23,25). The van der Waals surface area contributed by atoms with E-state index in [1.807, 2.05) is 30.3 Å². The highest BCUT2D eigenvalue weighted by atomic mass is 19.4. The molecule has 0 bridgehead atoms. The van der Waals surface area contributed by atoms with Crippen molar-refractivity contribution in [1.82, 2.24) is 5.32 Å². The summed E-state index contributed by atoms with van der Waals surface area (Å²) in [6, 6.07) is 14.0. The fourth-order valence-electron chi connectivity index (χ4n) is 1.94. The van der Waals surface area contributed by atoms with Crippen molar-refractivity contribution in [2.75, 3.05) is 6.54 Å². The summed E-state index contributed by atoms with van der Waals surface area (Å²) >= 11 is 0. The Labute approximate surface area is 148 Å². The van der Waals surface area contributed by atoms with E-state index in [0.29, 0.717) is 0 Å². The second kappa shape index (κ2) is 8.72. The summed E-state index contributed by atoms with van der Waals surface area (Å²) in [4.78, 5) is 22.7. The summed E-state index contributed by atoms with van der Waals surface area (Å²) in [6.07, 6.45) is -5.60. The molecule has 0 radical (unpaired) electrons. The summed E-state index contributed by atoms with van der Waals surface area (Å²) in [5.41, 5.74) is 0.582. The largest absolute Gasteiger partial charge is 0.454 e.